The lowest BCUT2D eigenvalue weighted by atomic mass is 10.1. The molecule has 0 spiro atoms. The standard InChI is InChI=1S/C11H14F3N3/c1-2-7-16-10(15)17-9-6-4-3-5-8(9)11(12,13)14/h3-6H,2,7H2,1H3,(H3,15,16,17). The van der Waals surface area contributed by atoms with Crippen molar-refractivity contribution in [1.82, 2.24) is 0 Å². The van der Waals surface area contributed by atoms with Crippen molar-refractivity contribution >= 4 is 11.6 Å². The maximum absolute atomic E-state index is 12.6. The summed E-state index contributed by atoms with van der Waals surface area (Å²) in [6.07, 6.45) is -3.63. The minimum absolute atomic E-state index is 0.0106. The highest BCUT2D eigenvalue weighted by Gasteiger charge is 2.33. The van der Waals surface area contributed by atoms with E-state index in [0.717, 1.165) is 12.5 Å². The summed E-state index contributed by atoms with van der Waals surface area (Å²) >= 11 is 0. The molecule has 1 aromatic carbocycles. The topological polar surface area (TPSA) is 50.4 Å². The molecule has 1 aromatic rings. The molecule has 0 aromatic heterocycles. The van der Waals surface area contributed by atoms with Crippen molar-refractivity contribution in [2.45, 2.75) is 19.5 Å². The van der Waals surface area contributed by atoms with Crippen molar-refractivity contribution in [3.63, 3.8) is 0 Å². The number of nitrogens with two attached hydrogens (primary N) is 1. The first kappa shape index (κ1) is 13.3. The fourth-order valence-corrected chi connectivity index (χ4v) is 1.25. The van der Waals surface area contributed by atoms with Gasteiger partial charge in [-0.15, -0.1) is 0 Å². The highest BCUT2D eigenvalue weighted by molar-refractivity contribution is 5.93. The van der Waals surface area contributed by atoms with Gasteiger partial charge in [-0.3, -0.25) is 4.99 Å². The second kappa shape index (κ2) is 5.56. The van der Waals surface area contributed by atoms with Gasteiger partial charge in [0.2, 0.25) is 0 Å². The first-order valence-electron chi connectivity index (χ1n) is 5.18. The number of hydrogen-bond donors (Lipinski definition) is 2. The second-order valence-corrected chi connectivity index (χ2v) is 3.44. The van der Waals surface area contributed by atoms with Crippen molar-refractivity contribution in [2.24, 2.45) is 10.7 Å². The van der Waals surface area contributed by atoms with Crippen LogP contribution in [0.25, 0.3) is 0 Å². The van der Waals surface area contributed by atoms with Crippen LogP contribution < -0.4 is 11.1 Å². The predicted octanol–water partition coefficient (Wildman–Crippen LogP) is 2.84. The monoisotopic (exact) mass is 245 g/mol. The quantitative estimate of drug-likeness (QED) is 0.635. The lowest BCUT2D eigenvalue weighted by molar-refractivity contribution is -0.136. The summed E-state index contributed by atoms with van der Waals surface area (Å²) in [6.45, 7) is 2.38. The Morgan fingerprint density at radius 2 is 2.00 bits per heavy atom. The Morgan fingerprint density at radius 1 is 1.35 bits per heavy atom. The third kappa shape index (κ3) is 3.97. The molecule has 0 fully saturated rings. The molecule has 0 atom stereocenters. The summed E-state index contributed by atoms with van der Waals surface area (Å²) in [7, 11) is 0. The van der Waals surface area contributed by atoms with Crippen LogP contribution in [0, 0.1) is 0 Å². The van der Waals surface area contributed by atoms with Crippen LogP contribution in [-0.4, -0.2) is 12.5 Å². The number of anilines is 1. The number of guanidine groups is 1. The number of aliphatic imine (C=N–C) groups is 1. The smallest absolute Gasteiger partial charge is 0.370 e. The van der Waals surface area contributed by atoms with E-state index in [4.69, 9.17) is 5.73 Å². The zero-order chi connectivity index (χ0) is 12.9. The molecule has 0 amide bonds. The van der Waals surface area contributed by atoms with Crippen LogP contribution in [0.3, 0.4) is 0 Å². The Morgan fingerprint density at radius 3 is 2.59 bits per heavy atom. The van der Waals surface area contributed by atoms with E-state index < -0.39 is 11.7 Å². The first-order valence-corrected chi connectivity index (χ1v) is 5.18. The average Bonchev–Trinajstić information content (AvgIpc) is 2.25. The minimum Gasteiger partial charge on any atom is -0.370 e. The summed E-state index contributed by atoms with van der Waals surface area (Å²) in [5.41, 5.74) is 4.63. The molecule has 0 aliphatic carbocycles. The molecular formula is C11H14F3N3. The van der Waals surface area contributed by atoms with E-state index in [0.29, 0.717) is 6.54 Å². The Bertz CT molecular complexity index is 399. The molecule has 0 radical (unpaired) electrons. The van der Waals surface area contributed by atoms with Crippen molar-refractivity contribution in [3.05, 3.63) is 29.8 Å². The van der Waals surface area contributed by atoms with Gasteiger partial charge in [0, 0.05) is 6.54 Å². The molecule has 0 saturated heterocycles. The maximum Gasteiger partial charge on any atom is 0.418 e. The number of alkyl halides is 3. The largest absolute Gasteiger partial charge is 0.418 e. The third-order valence-electron chi connectivity index (χ3n) is 2.00. The lowest BCUT2D eigenvalue weighted by Gasteiger charge is -2.13. The first-order chi connectivity index (χ1) is 7.95. The molecular weight excluding hydrogens is 231 g/mol. The van der Waals surface area contributed by atoms with Crippen molar-refractivity contribution in [2.75, 3.05) is 11.9 Å². The molecule has 0 unspecified atom stereocenters. The van der Waals surface area contributed by atoms with E-state index in [1.807, 2.05) is 6.92 Å². The van der Waals surface area contributed by atoms with E-state index in [1.54, 1.807) is 0 Å². The Kier molecular flexibility index (Phi) is 4.37. The summed E-state index contributed by atoms with van der Waals surface area (Å²) in [6, 6.07) is 5.14. The minimum atomic E-state index is -4.41. The van der Waals surface area contributed by atoms with Crippen LogP contribution in [0.1, 0.15) is 18.9 Å². The third-order valence-corrected chi connectivity index (χ3v) is 2.00. The Hall–Kier alpha value is -1.72. The van der Waals surface area contributed by atoms with E-state index in [2.05, 4.69) is 10.3 Å². The zero-order valence-electron chi connectivity index (χ0n) is 9.38. The Balaban J connectivity index is 2.92. The molecule has 0 heterocycles. The number of nitrogens with one attached hydrogen (secondary N) is 1. The van der Waals surface area contributed by atoms with Crippen molar-refractivity contribution < 1.29 is 13.2 Å². The average molecular weight is 245 g/mol. The number of para-hydroxylation sites is 1. The Labute approximate surface area is 97.5 Å². The van der Waals surface area contributed by atoms with Crippen LogP contribution in [-0.2, 0) is 6.18 Å². The molecule has 17 heavy (non-hydrogen) atoms. The van der Waals surface area contributed by atoms with Gasteiger partial charge in [-0.25, -0.2) is 0 Å². The summed E-state index contributed by atoms with van der Waals surface area (Å²) in [5, 5.41) is 2.46. The molecule has 94 valence electrons. The van der Waals surface area contributed by atoms with Gasteiger partial charge in [0.1, 0.15) is 0 Å². The number of benzene rings is 1. The lowest BCUT2D eigenvalue weighted by Crippen LogP contribution is -2.24. The van der Waals surface area contributed by atoms with Crippen molar-refractivity contribution in [1.29, 1.82) is 0 Å². The molecule has 6 heteroatoms. The SMILES string of the molecule is CCCN=C(N)Nc1ccccc1C(F)(F)F. The number of nitrogens with zero attached hydrogens (tertiary/aromatic N) is 1. The van der Waals surface area contributed by atoms with E-state index in [-0.39, 0.29) is 11.6 Å². The fraction of sp³-hybridized carbons (Fsp3) is 0.364. The van der Waals surface area contributed by atoms with Gasteiger partial charge in [-0.2, -0.15) is 13.2 Å². The summed E-state index contributed by atoms with van der Waals surface area (Å²) in [5.74, 6) is -0.0106. The molecule has 3 nitrogen and oxygen atoms in total. The van der Waals surface area contributed by atoms with Crippen LogP contribution >= 0.6 is 0 Å². The van der Waals surface area contributed by atoms with Crippen molar-refractivity contribution in [3.8, 4) is 0 Å². The highest BCUT2D eigenvalue weighted by Crippen LogP contribution is 2.34. The van der Waals surface area contributed by atoms with E-state index in [1.165, 1.54) is 18.2 Å². The normalized spacial score (nSPS) is 12.6. The summed E-state index contributed by atoms with van der Waals surface area (Å²) in [4.78, 5) is 3.88. The van der Waals surface area contributed by atoms with E-state index in [9.17, 15) is 13.2 Å². The fourth-order valence-electron chi connectivity index (χ4n) is 1.25. The second-order valence-electron chi connectivity index (χ2n) is 3.44. The molecule has 3 N–H and O–H groups in total. The molecule has 1 rings (SSSR count). The van der Waals surface area contributed by atoms with E-state index >= 15 is 0 Å². The maximum atomic E-state index is 12.6. The van der Waals surface area contributed by atoms with Gasteiger partial charge >= 0.3 is 6.18 Å². The van der Waals surface area contributed by atoms with Gasteiger partial charge in [0.15, 0.2) is 5.96 Å². The number of rotatable bonds is 3. The molecule has 0 bridgehead atoms. The van der Waals surface area contributed by atoms with Crippen LogP contribution in [0.5, 0.6) is 0 Å². The van der Waals surface area contributed by atoms with Gasteiger partial charge in [-0.1, -0.05) is 19.1 Å². The summed E-state index contributed by atoms with van der Waals surface area (Å²) < 4.78 is 37.9. The molecule has 0 aliphatic heterocycles. The number of halogens is 3. The predicted molar refractivity (Wildman–Crippen MR) is 61.8 cm³/mol. The van der Waals surface area contributed by atoms with Crippen LogP contribution in [0.4, 0.5) is 18.9 Å². The van der Waals surface area contributed by atoms with Crippen LogP contribution in [0.2, 0.25) is 0 Å². The van der Waals surface area contributed by atoms with Gasteiger partial charge in [-0.05, 0) is 18.6 Å². The van der Waals surface area contributed by atoms with Crippen LogP contribution in [0.15, 0.2) is 29.3 Å². The van der Waals surface area contributed by atoms with Gasteiger partial charge in [0.05, 0.1) is 11.3 Å². The zero-order valence-corrected chi connectivity index (χ0v) is 9.38. The highest BCUT2D eigenvalue weighted by atomic mass is 19.4. The molecule has 0 saturated carbocycles. The number of hydrogen-bond acceptors (Lipinski definition) is 1. The van der Waals surface area contributed by atoms with Gasteiger partial charge < -0.3 is 11.1 Å². The molecule has 0 aliphatic rings. The van der Waals surface area contributed by atoms with Gasteiger partial charge in [0.25, 0.3) is 0 Å².